The fourth-order valence-corrected chi connectivity index (χ4v) is 3.63. The van der Waals surface area contributed by atoms with Crippen molar-refractivity contribution in [3.63, 3.8) is 0 Å². The van der Waals surface area contributed by atoms with Gasteiger partial charge in [-0.2, -0.15) is 0 Å². The third kappa shape index (κ3) is 4.37. The number of H-pyrrole nitrogens is 1. The number of guanidine groups is 1. The zero-order valence-corrected chi connectivity index (χ0v) is 18.3. The van der Waals surface area contributed by atoms with Crippen LogP contribution in [0.4, 0.5) is 5.95 Å². The number of fused-ring (bicyclic) bond motifs is 1. The predicted octanol–water partition coefficient (Wildman–Crippen LogP) is 2.56. The summed E-state index contributed by atoms with van der Waals surface area (Å²) in [6.07, 6.45) is 4.43. The molecule has 3 heterocycles. The smallest absolute Gasteiger partial charge is 0.225 e. The van der Waals surface area contributed by atoms with Crippen LogP contribution in [0.2, 0.25) is 0 Å². The summed E-state index contributed by atoms with van der Waals surface area (Å²) < 4.78 is 0. The molecule has 1 aliphatic rings. The summed E-state index contributed by atoms with van der Waals surface area (Å²) in [5, 5.41) is 1.28. The summed E-state index contributed by atoms with van der Waals surface area (Å²) in [6, 6.07) is 10.2. The van der Waals surface area contributed by atoms with Crippen LogP contribution in [0.5, 0.6) is 0 Å². The van der Waals surface area contributed by atoms with Crippen molar-refractivity contribution in [2.24, 2.45) is 10.7 Å². The van der Waals surface area contributed by atoms with Crippen molar-refractivity contribution >= 4 is 46.8 Å². The van der Waals surface area contributed by atoms with Gasteiger partial charge in [0.15, 0.2) is 5.96 Å². The average Bonchev–Trinajstić information content (AvgIpc) is 3.04. The second kappa shape index (κ2) is 9.22. The molecule has 0 bridgehead atoms. The highest BCUT2D eigenvalue weighted by Gasteiger charge is 2.19. The fourth-order valence-electron chi connectivity index (χ4n) is 3.63. The first-order chi connectivity index (χ1) is 13.2. The van der Waals surface area contributed by atoms with Gasteiger partial charge in [-0.1, -0.05) is 18.2 Å². The van der Waals surface area contributed by atoms with Crippen molar-refractivity contribution in [2.75, 3.05) is 37.6 Å². The van der Waals surface area contributed by atoms with Gasteiger partial charge in [0.2, 0.25) is 5.95 Å². The van der Waals surface area contributed by atoms with Gasteiger partial charge in [-0.25, -0.2) is 9.97 Å². The minimum atomic E-state index is 0. The molecular weight excluding hydrogens is 465 g/mol. The van der Waals surface area contributed by atoms with E-state index < -0.39 is 0 Å². The zero-order valence-electron chi connectivity index (χ0n) is 16.0. The lowest BCUT2D eigenvalue weighted by atomic mass is 10.1. The van der Waals surface area contributed by atoms with E-state index in [1.54, 1.807) is 12.4 Å². The molecule has 28 heavy (non-hydrogen) atoms. The molecule has 0 atom stereocenters. The van der Waals surface area contributed by atoms with Crippen LogP contribution >= 0.6 is 24.0 Å². The van der Waals surface area contributed by atoms with E-state index in [0.717, 1.165) is 38.5 Å². The van der Waals surface area contributed by atoms with Crippen molar-refractivity contribution in [3.8, 4) is 0 Å². The first-order valence-corrected chi connectivity index (χ1v) is 9.35. The van der Waals surface area contributed by atoms with E-state index in [1.165, 1.54) is 22.2 Å². The van der Waals surface area contributed by atoms with Crippen molar-refractivity contribution in [1.82, 2.24) is 19.9 Å². The fraction of sp³-hybridized carbons (Fsp3) is 0.350. The molecule has 2 aromatic heterocycles. The van der Waals surface area contributed by atoms with Crippen molar-refractivity contribution in [3.05, 3.63) is 54.0 Å². The number of nitrogens with two attached hydrogens (primary N) is 1. The first-order valence-electron chi connectivity index (χ1n) is 9.35. The number of aromatic amines is 1. The first kappa shape index (κ1) is 20.4. The molecule has 0 saturated carbocycles. The Hall–Kier alpha value is -2.36. The Morgan fingerprint density at radius 2 is 1.82 bits per heavy atom. The number of halogens is 1. The van der Waals surface area contributed by atoms with Crippen LogP contribution in [0.3, 0.4) is 0 Å². The molecule has 1 saturated heterocycles. The monoisotopic (exact) mass is 491 g/mol. The molecule has 4 rings (SSSR count). The highest BCUT2D eigenvalue weighted by atomic mass is 127. The minimum Gasteiger partial charge on any atom is -0.370 e. The number of rotatable bonds is 4. The van der Waals surface area contributed by atoms with E-state index in [0.29, 0.717) is 12.5 Å². The third-order valence-corrected chi connectivity index (χ3v) is 5.10. The maximum Gasteiger partial charge on any atom is 0.225 e. The number of nitrogens with zero attached hydrogens (tertiary/aromatic N) is 5. The largest absolute Gasteiger partial charge is 0.370 e. The molecule has 0 radical (unpaired) electrons. The van der Waals surface area contributed by atoms with Gasteiger partial charge in [-0.3, -0.25) is 4.99 Å². The second-order valence-electron chi connectivity index (χ2n) is 6.79. The molecule has 3 N–H and O–H groups in total. The molecule has 1 fully saturated rings. The standard InChI is InChI=1S/C20H25N7.HI/c1-15-16(17-5-2-3-6-18(17)25-15)7-10-22-19(21)26-11-13-27(14-12-26)20-23-8-4-9-24-20;/h2-6,8-9,25H,7,10-14H2,1H3,(H2,21,22);1H. The summed E-state index contributed by atoms with van der Waals surface area (Å²) in [5.41, 5.74) is 9.96. The number of para-hydroxylation sites is 1. The van der Waals surface area contributed by atoms with Crippen LogP contribution in [-0.2, 0) is 6.42 Å². The number of hydrogen-bond donors (Lipinski definition) is 2. The Morgan fingerprint density at radius 3 is 2.57 bits per heavy atom. The average molecular weight is 491 g/mol. The van der Waals surface area contributed by atoms with Gasteiger partial charge in [0.05, 0.1) is 0 Å². The molecule has 0 amide bonds. The Kier molecular flexibility index (Phi) is 6.71. The Labute approximate surface area is 182 Å². The Morgan fingerprint density at radius 1 is 1.11 bits per heavy atom. The second-order valence-corrected chi connectivity index (χ2v) is 6.79. The van der Waals surface area contributed by atoms with E-state index >= 15 is 0 Å². The van der Waals surface area contributed by atoms with E-state index in [1.807, 2.05) is 6.07 Å². The maximum atomic E-state index is 6.24. The number of piperazine rings is 1. The number of aromatic nitrogens is 3. The quantitative estimate of drug-likeness (QED) is 0.333. The molecule has 148 valence electrons. The lowest BCUT2D eigenvalue weighted by molar-refractivity contribution is 0.378. The summed E-state index contributed by atoms with van der Waals surface area (Å²) in [4.78, 5) is 21.0. The van der Waals surface area contributed by atoms with Crippen LogP contribution in [-0.4, -0.2) is 58.5 Å². The van der Waals surface area contributed by atoms with Gasteiger partial charge in [-0.15, -0.1) is 24.0 Å². The molecule has 3 aromatic rings. The van der Waals surface area contributed by atoms with E-state index in [2.05, 4.69) is 60.9 Å². The van der Waals surface area contributed by atoms with Crippen LogP contribution in [0.25, 0.3) is 10.9 Å². The zero-order chi connectivity index (χ0) is 18.6. The Bertz CT molecular complexity index is 930. The van der Waals surface area contributed by atoms with Gasteiger partial charge in [0, 0.05) is 61.7 Å². The number of nitrogens with one attached hydrogen (secondary N) is 1. The molecule has 0 aliphatic carbocycles. The topological polar surface area (TPSA) is 86.4 Å². The van der Waals surface area contributed by atoms with Crippen LogP contribution in [0, 0.1) is 6.92 Å². The van der Waals surface area contributed by atoms with Gasteiger partial charge in [0.25, 0.3) is 0 Å². The van der Waals surface area contributed by atoms with Crippen LogP contribution < -0.4 is 10.6 Å². The molecule has 7 nitrogen and oxygen atoms in total. The molecule has 0 unspecified atom stereocenters. The molecule has 1 aliphatic heterocycles. The third-order valence-electron chi connectivity index (χ3n) is 5.10. The van der Waals surface area contributed by atoms with Gasteiger partial charge >= 0.3 is 0 Å². The van der Waals surface area contributed by atoms with Crippen molar-refractivity contribution in [1.29, 1.82) is 0 Å². The van der Waals surface area contributed by atoms with Gasteiger partial charge in [0.1, 0.15) is 0 Å². The molecule has 0 spiro atoms. The normalized spacial score (nSPS) is 15.0. The summed E-state index contributed by atoms with van der Waals surface area (Å²) in [7, 11) is 0. The maximum absolute atomic E-state index is 6.24. The van der Waals surface area contributed by atoms with Crippen molar-refractivity contribution < 1.29 is 0 Å². The van der Waals surface area contributed by atoms with E-state index in [-0.39, 0.29) is 24.0 Å². The summed E-state index contributed by atoms with van der Waals surface area (Å²) in [6.45, 7) is 6.17. The van der Waals surface area contributed by atoms with Crippen molar-refractivity contribution in [2.45, 2.75) is 13.3 Å². The van der Waals surface area contributed by atoms with Gasteiger partial charge < -0.3 is 20.5 Å². The van der Waals surface area contributed by atoms with Gasteiger partial charge in [-0.05, 0) is 31.0 Å². The molecular formula is C20H26IN7. The SMILES string of the molecule is Cc1[nH]c2ccccc2c1CCN=C(N)N1CCN(c2ncccn2)CC1.I. The number of aliphatic imine (C=N–C) groups is 1. The molecule has 8 heteroatoms. The number of benzene rings is 1. The summed E-state index contributed by atoms with van der Waals surface area (Å²) in [5.74, 6) is 1.41. The lowest BCUT2D eigenvalue weighted by Gasteiger charge is -2.35. The predicted molar refractivity (Wildman–Crippen MR) is 124 cm³/mol. The Balaban J connectivity index is 0.00000225. The summed E-state index contributed by atoms with van der Waals surface area (Å²) >= 11 is 0. The number of hydrogen-bond acceptors (Lipinski definition) is 4. The van der Waals surface area contributed by atoms with E-state index in [9.17, 15) is 0 Å². The highest BCUT2D eigenvalue weighted by molar-refractivity contribution is 14.0. The number of anilines is 1. The highest BCUT2D eigenvalue weighted by Crippen LogP contribution is 2.22. The van der Waals surface area contributed by atoms with Crippen LogP contribution in [0.1, 0.15) is 11.3 Å². The van der Waals surface area contributed by atoms with E-state index in [4.69, 9.17) is 5.73 Å². The minimum absolute atomic E-state index is 0. The lowest BCUT2D eigenvalue weighted by Crippen LogP contribution is -2.51. The molecule has 1 aromatic carbocycles. The van der Waals surface area contributed by atoms with Crippen LogP contribution in [0.15, 0.2) is 47.7 Å². The number of aryl methyl sites for hydroxylation is 1.